The van der Waals surface area contributed by atoms with Crippen LogP contribution in [0.3, 0.4) is 0 Å². The van der Waals surface area contributed by atoms with Crippen molar-refractivity contribution in [3.8, 4) is 0 Å². The zero-order valence-corrected chi connectivity index (χ0v) is 14.5. The zero-order chi connectivity index (χ0) is 17.8. The van der Waals surface area contributed by atoms with Crippen molar-refractivity contribution < 1.29 is 17.6 Å². The van der Waals surface area contributed by atoms with Gasteiger partial charge in [0.05, 0.1) is 10.6 Å². The number of sulfonamides is 1. The Balaban J connectivity index is 1.88. The molecule has 0 amide bonds. The number of benzene rings is 2. The van der Waals surface area contributed by atoms with E-state index >= 15 is 0 Å². The van der Waals surface area contributed by atoms with Gasteiger partial charge in [-0.25, -0.2) is 8.42 Å². The summed E-state index contributed by atoms with van der Waals surface area (Å²) in [7, 11) is -3.99. The van der Waals surface area contributed by atoms with E-state index in [0.29, 0.717) is 27.5 Å². The Morgan fingerprint density at radius 1 is 1.16 bits per heavy atom. The van der Waals surface area contributed by atoms with Gasteiger partial charge in [0.2, 0.25) is 6.54 Å². The Morgan fingerprint density at radius 2 is 1.96 bits per heavy atom. The highest BCUT2D eigenvalue weighted by atomic mass is 35.5. The molecule has 8 heteroatoms. The van der Waals surface area contributed by atoms with Crippen molar-refractivity contribution in [3.63, 3.8) is 0 Å². The van der Waals surface area contributed by atoms with Gasteiger partial charge in [0.1, 0.15) is 0 Å². The van der Waals surface area contributed by atoms with Gasteiger partial charge in [0.15, 0.2) is 5.83 Å². The standard InChI is InChI=1S/C17H13ClFN2O3S/c18-13-5-4-11-6-7-21(15(11)8-13)25(23,24)16-3-1-2-12-9-20(22)10-14(19)17(12)16/h1-5,8,10H,6-7,9H2/q+1. The molecule has 2 aromatic carbocycles. The van der Waals surface area contributed by atoms with Crippen LogP contribution in [-0.4, -0.2) is 19.7 Å². The molecule has 0 aliphatic carbocycles. The van der Waals surface area contributed by atoms with Gasteiger partial charge < -0.3 is 0 Å². The van der Waals surface area contributed by atoms with Crippen LogP contribution >= 0.6 is 11.6 Å². The normalized spacial score (nSPS) is 16.5. The van der Waals surface area contributed by atoms with Crippen LogP contribution in [0.15, 0.2) is 47.5 Å². The van der Waals surface area contributed by atoms with E-state index in [0.717, 1.165) is 11.8 Å². The second-order valence-electron chi connectivity index (χ2n) is 5.94. The molecule has 128 valence electrons. The number of nitrogens with zero attached hydrogens (tertiary/aromatic N) is 2. The van der Waals surface area contributed by atoms with Gasteiger partial charge in [-0.15, -0.1) is 0 Å². The first-order valence-corrected chi connectivity index (χ1v) is 9.44. The zero-order valence-electron chi connectivity index (χ0n) is 12.9. The van der Waals surface area contributed by atoms with Gasteiger partial charge in [0, 0.05) is 32.4 Å². The Kier molecular flexibility index (Phi) is 3.66. The average molecular weight is 380 g/mol. The minimum atomic E-state index is -3.99. The molecule has 5 nitrogen and oxygen atoms in total. The van der Waals surface area contributed by atoms with Crippen LogP contribution in [0.1, 0.15) is 16.7 Å². The van der Waals surface area contributed by atoms with Crippen molar-refractivity contribution in [2.75, 3.05) is 10.8 Å². The highest BCUT2D eigenvalue weighted by molar-refractivity contribution is 7.93. The number of rotatable bonds is 2. The predicted molar refractivity (Wildman–Crippen MR) is 92.5 cm³/mol. The summed E-state index contributed by atoms with van der Waals surface area (Å²) in [6.45, 7) is 0.176. The summed E-state index contributed by atoms with van der Waals surface area (Å²) in [5.74, 6) is -0.846. The van der Waals surface area contributed by atoms with Crippen LogP contribution in [0.5, 0.6) is 0 Å². The maximum Gasteiger partial charge on any atom is 0.265 e. The monoisotopic (exact) mass is 379 g/mol. The number of halogens is 2. The SMILES string of the molecule is O=[N+]1C=C(F)c2c(cccc2S(=O)(=O)N2CCc3ccc(Cl)cc32)C1. The molecule has 0 N–H and O–H groups in total. The molecular formula is C17H13ClFN2O3S+. The summed E-state index contributed by atoms with van der Waals surface area (Å²) in [5.41, 5.74) is 1.70. The molecule has 2 aromatic rings. The van der Waals surface area contributed by atoms with Crippen molar-refractivity contribution in [3.05, 3.63) is 69.2 Å². The molecule has 0 atom stereocenters. The minimum absolute atomic E-state index is 0.0370. The van der Waals surface area contributed by atoms with Crippen molar-refractivity contribution in [2.24, 2.45) is 0 Å². The molecule has 4 rings (SSSR count). The number of hydrogen-bond acceptors (Lipinski definition) is 3. The van der Waals surface area contributed by atoms with E-state index in [1.165, 1.54) is 16.4 Å². The summed E-state index contributed by atoms with van der Waals surface area (Å²) in [5, 5.41) is 0.434. The Bertz CT molecular complexity index is 1050. The van der Waals surface area contributed by atoms with Crippen LogP contribution in [0.4, 0.5) is 10.1 Å². The van der Waals surface area contributed by atoms with Gasteiger partial charge in [-0.2, -0.15) is 4.39 Å². The molecule has 0 aromatic heterocycles. The van der Waals surface area contributed by atoms with E-state index in [1.807, 2.05) is 0 Å². The van der Waals surface area contributed by atoms with E-state index in [2.05, 4.69) is 0 Å². The lowest BCUT2D eigenvalue weighted by Crippen LogP contribution is -2.30. The molecule has 0 saturated carbocycles. The van der Waals surface area contributed by atoms with Crippen molar-refractivity contribution >= 4 is 33.1 Å². The van der Waals surface area contributed by atoms with E-state index < -0.39 is 15.9 Å². The number of hydrogen-bond donors (Lipinski definition) is 0. The Morgan fingerprint density at radius 3 is 2.76 bits per heavy atom. The third-order valence-electron chi connectivity index (χ3n) is 4.40. The molecule has 0 spiro atoms. The lowest BCUT2D eigenvalue weighted by atomic mass is 10.0. The van der Waals surface area contributed by atoms with Crippen molar-refractivity contribution in [1.82, 2.24) is 0 Å². The third kappa shape index (κ3) is 2.54. The molecular weight excluding hydrogens is 367 g/mol. The van der Waals surface area contributed by atoms with E-state index in [9.17, 15) is 17.7 Å². The fourth-order valence-electron chi connectivity index (χ4n) is 3.29. The molecule has 2 heterocycles. The summed E-state index contributed by atoms with van der Waals surface area (Å²) < 4.78 is 42.5. The Hall–Kier alpha value is -2.25. The maximum absolute atomic E-state index is 14.4. The summed E-state index contributed by atoms with van der Waals surface area (Å²) in [4.78, 5) is 11.3. The van der Waals surface area contributed by atoms with Gasteiger partial charge in [-0.1, -0.05) is 29.8 Å². The van der Waals surface area contributed by atoms with Crippen LogP contribution in [0.2, 0.25) is 5.02 Å². The van der Waals surface area contributed by atoms with Gasteiger partial charge in [-0.05, 0) is 30.2 Å². The fourth-order valence-corrected chi connectivity index (χ4v) is 5.19. The highest BCUT2D eigenvalue weighted by Gasteiger charge is 2.36. The topological polar surface area (TPSA) is 57.5 Å². The minimum Gasteiger partial charge on any atom is -0.266 e. The molecule has 2 aliphatic rings. The predicted octanol–water partition coefficient (Wildman–Crippen LogP) is 3.65. The lowest BCUT2D eigenvalue weighted by Gasteiger charge is -2.22. The first-order chi connectivity index (χ1) is 11.9. The van der Waals surface area contributed by atoms with Gasteiger partial charge in [-0.3, -0.25) is 4.31 Å². The number of nitroso groups, excluding NO2 is 1. The molecule has 25 heavy (non-hydrogen) atoms. The quantitative estimate of drug-likeness (QED) is 0.748. The lowest BCUT2D eigenvalue weighted by molar-refractivity contribution is -0.497. The second kappa shape index (κ2) is 5.64. The van der Waals surface area contributed by atoms with Crippen LogP contribution < -0.4 is 4.31 Å². The molecule has 0 saturated heterocycles. The van der Waals surface area contributed by atoms with Crippen LogP contribution in [0, 0.1) is 4.91 Å². The van der Waals surface area contributed by atoms with E-state index in [4.69, 9.17) is 11.6 Å². The van der Waals surface area contributed by atoms with Crippen molar-refractivity contribution in [2.45, 2.75) is 17.9 Å². The smallest absolute Gasteiger partial charge is 0.265 e. The fraction of sp³-hybridized carbons (Fsp3) is 0.176. The highest BCUT2D eigenvalue weighted by Crippen LogP contribution is 2.38. The second-order valence-corrected chi connectivity index (χ2v) is 8.21. The van der Waals surface area contributed by atoms with Crippen molar-refractivity contribution in [1.29, 1.82) is 0 Å². The maximum atomic E-state index is 14.4. The molecule has 2 aliphatic heterocycles. The summed E-state index contributed by atoms with van der Waals surface area (Å²) in [6.07, 6.45) is 1.34. The molecule has 0 bridgehead atoms. The van der Waals surface area contributed by atoms with Gasteiger partial charge >= 0.3 is 0 Å². The van der Waals surface area contributed by atoms with E-state index in [1.54, 1.807) is 24.3 Å². The number of anilines is 1. The van der Waals surface area contributed by atoms with E-state index in [-0.39, 0.29) is 23.5 Å². The largest absolute Gasteiger partial charge is 0.266 e. The number of fused-ring (bicyclic) bond motifs is 2. The first kappa shape index (κ1) is 16.2. The average Bonchev–Trinajstić information content (AvgIpc) is 2.97. The Labute approximate surface area is 149 Å². The third-order valence-corrected chi connectivity index (χ3v) is 6.49. The summed E-state index contributed by atoms with van der Waals surface area (Å²) >= 11 is 6.01. The summed E-state index contributed by atoms with van der Waals surface area (Å²) in [6, 6.07) is 9.55. The molecule has 0 radical (unpaired) electrons. The van der Waals surface area contributed by atoms with Crippen LogP contribution in [-0.2, 0) is 23.0 Å². The van der Waals surface area contributed by atoms with Crippen LogP contribution in [0.25, 0.3) is 5.83 Å². The van der Waals surface area contributed by atoms with Gasteiger partial charge in [0.25, 0.3) is 16.2 Å². The first-order valence-electron chi connectivity index (χ1n) is 7.62. The molecule has 0 unspecified atom stereocenters. The molecule has 0 fully saturated rings.